The van der Waals surface area contributed by atoms with Crippen LogP contribution in [0.4, 0.5) is 0 Å². The number of halogens is 1. The molecule has 2 N–H and O–H groups in total. The van der Waals surface area contributed by atoms with Crippen LogP contribution < -0.4 is 10.6 Å². The molecule has 1 spiro atoms. The summed E-state index contributed by atoms with van der Waals surface area (Å²) in [6, 6.07) is 4.42. The first-order valence-electron chi connectivity index (χ1n) is 17.3. The highest BCUT2D eigenvalue weighted by Crippen LogP contribution is 2.41. The van der Waals surface area contributed by atoms with Crippen LogP contribution in [-0.2, 0) is 28.8 Å². The van der Waals surface area contributed by atoms with E-state index in [1.165, 1.54) is 11.3 Å². The van der Waals surface area contributed by atoms with Crippen LogP contribution in [0.5, 0.6) is 0 Å². The maximum Gasteiger partial charge on any atom is 0.246 e. The van der Waals surface area contributed by atoms with Crippen molar-refractivity contribution >= 4 is 46.6 Å². The van der Waals surface area contributed by atoms with E-state index in [0.29, 0.717) is 35.9 Å². The monoisotopic (exact) mass is 668 g/mol. The number of Topliss-reactive ketones (excluding diaryl/α,β-unsaturated/α-hetero) is 2. The van der Waals surface area contributed by atoms with E-state index in [4.69, 9.17) is 16.4 Å². The fourth-order valence-corrected chi connectivity index (χ4v) is 7.39. The zero-order valence-electron chi connectivity index (χ0n) is 28.1. The number of nitrogens with one attached hydrogen (secondary N) is 2. The van der Waals surface area contributed by atoms with Crippen molar-refractivity contribution in [2.75, 3.05) is 6.54 Å². The number of amides is 3. The first-order chi connectivity index (χ1) is 22.3. The SMILES string of the molecule is CCC(=O)C(=O)[C@@H](CC1CC1)NC(=O)C1C[C@]2(CC(c3cccc(Cl)c3)=NO2)CN1C(=O)[C@@H](NC(=O)CC1CCCCC1)C(C)(C)C. The Morgan fingerprint density at radius 3 is 2.40 bits per heavy atom. The minimum atomic E-state index is -0.997. The lowest BCUT2D eigenvalue weighted by molar-refractivity contribution is -0.145. The second-order valence-electron chi connectivity index (χ2n) is 15.1. The van der Waals surface area contributed by atoms with Gasteiger partial charge in [-0.2, -0.15) is 0 Å². The van der Waals surface area contributed by atoms with Crippen LogP contribution in [0, 0.1) is 17.3 Å². The first-order valence-corrected chi connectivity index (χ1v) is 17.6. The molecule has 3 amide bonds. The Kier molecular flexibility index (Phi) is 10.8. The summed E-state index contributed by atoms with van der Waals surface area (Å²) in [6.45, 7) is 7.37. The fraction of sp³-hybridized carbons (Fsp3) is 0.667. The van der Waals surface area contributed by atoms with Gasteiger partial charge < -0.3 is 20.4 Å². The van der Waals surface area contributed by atoms with Gasteiger partial charge in [-0.25, -0.2) is 0 Å². The molecule has 256 valence electrons. The highest BCUT2D eigenvalue weighted by Gasteiger charge is 2.55. The van der Waals surface area contributed by atoms with E-state index in [1.807, 2.05) is 32.9 Å². The van der Waals surface area contributed by atoms with Gasteiger partial charge in [-0.15, -0.1) is 0 Å². The van der Waals surface area contributed by atoms with Crippen LogP contribution in [-0.4, -0.2) is 70.2 Å². The van der Waals surface area contributed by atoms with Crippen LogP contribution in [0.3, 0.4) is 0 Å². The van der Waals surface area contributed by atoms with Crippen molar-refractivity contribution < 1.29 is 28.8 Å². The Morgan fingerprint density at radius 2 is 1.77 bits per heavy atom. The molecule has 1 aromatic carbocycles. The summed E-state index contributed by atoms with van der Waals surface area (Å²) in [7, 11) is 0. The number of oxime groups is 1. The molecule has 0 radical (unpaired) electrons. The Bertz CT molecular complexity index is 1410. The lowest BCUT2D eigenvalue weighted by atomic mass is 9.84. The number of benzene rings is 1. The van der Waals surface area contributed by atoms with Gasteiger partial charge in [0.05, 0.1) is 18.3 Å². The van der Waals surface area contributed by atoms with Gasteiger partial charge in [0.25, 0.3) is 0 Å². The molecule has 0 bridgehead atoms. The van der Waals surface area contributed by atoms with Gasteiger partial charge in [-0.05, 0) is 48.6 Å². The van der Waals surface area contributed by atoms with Gasteiger partial charge in [0.2, 0.25) is 23.5 Å². The number of likely N-dealkylation sites (tertiary alicyclic amines) is 1. The van der Waals surface area contributed by atoms with E-state index < -0.39 is 46.6 Å². The Balaban J connectivity index is 1.39. The van der Waals surface area contributed by atoms with Gasteiger partial charge in [-0.3, -0.25) is 24.0 Å². The molecule has 1 saturated heterocycles. The average Bonchev–Trinajstić information content (AvgIpc) is 3.64. The Morgan fingerprint density at radius 1 is 1.04 bits per heavy atom. The summed E-state index contributed by atoms with van der Waals surface area (Å²) in [6.07, 6.45) is 8.60. The number of hydrogen-bond acceptors (Lipinski definition) is 7. The number of hydrogen-bond donors (Lipinski definition) is 2. The molecule has 11 heteroatoms. The summed E-state index contributed by atoms with van der Waals surface area (Å²) in [5.74, 6) is -1.63. The molecule has 4 aliphatic rings. The average molecular weight is 669 g/mol. The largest absolute Gasteiger partial charge is 0.387 e. The minimum absolute atomic E-state index is 0.0539. The molecule has 2 aliphatic carbocycles. The summed E-state index contributed by atoms with van der Waals surface area (Å²) >= 11 is 6.24. The molecule has 5 rings (SSSR count). The van der Waals surface area contributed by atoms with E-state index in [0.717, 1.165) is 44.1 Å². The predicted molar refractivity (Wildman–Crippen MR) is 179 cm³/mol. The second-order valence-corrected chi connectivity index (χ2v) is 15.6. The van der Waals surface area contributed by atoms with Crippen molar-refractivity contribution in [1.29, 1.82) is 0 Å². The highest BCUT2D eigenvalue weighted by molar-refractivity contribution is 6.39. The molecule has 0 aromatic heterocycles. The summed E-state index contributed by atoms with van der Waals surface area (Å²) in [4.78, 5) is 75.0. The molecular weight excluding hydrogens is 620 g/mol. The quantitative estimate of drug-likeness (QED) is 0.296. The van der Waals surface area contributed by atoms with Crippen molar-refractivity contribution in [3.8, 4) is 0 Å². The van der Waals surface area contributed by atoms with Crippen molar-refractivity contribution in [3.63, 3.8) is 0 Å². The normalized spacial score (nSPS) is 24.3. The fourth-order valence-electron chi connectivity index (χ4n) is 7.19. The number of ketones is 2. The van der Waals surface area contributed by atoms with Crippen molar-refractivity contribution in [2.45, 2.75) is 128 Å². The first kappa shape index (κ1) is 35.0. The third kappa shape index (κ3) is 8.61. The van der Waals surface area contributed by atoms with Gasteiger partial charge >= 0.3 is 0 Å². The van der Waals surface area contributed by atoms with E-state index in [-0.39, 0.29) is 37.1 Å². The van der Waals surface area contributed by atoms with Gasteiger partial charge in [0.15, 0.2) is 11.4 Å². The number of carbonyl (C=O) groups excluding carboxylic acids is 5. The zero-order valence-corrected chi connectivity index (χ0v) is 28.9. The van der Waals surface area contributed by atoms with Crippen LogP contribution in [0.25, 0.3) is 0 Å². The molecule has 47 heavy (non-hydrogen) atoms. The Labute approximate surface area is 282 Å². The number of rotatable bonds is 12. The number of nitrogens with zero attached hydrogens (tertiary/aromatic N) is 2. The molecule has 4 atom stereocenters. The van der Waals surface area contributed by atoms with Gasteiger partial charge in [0.1, 0.15) is 12.1 Å². The molecular formula is C36H49ClN4O6. The van der Waals surface area contributed by atoms with Crippen LogP contribution in [0.15, 0.2) is 29.4 Å². The Hall–Kier alpha value is -3.27. The van der Waals surface area contributed by atoms with E-state index >= 15 is 0 Å². The third-order valence-corrected chi connectivity index (χ3v) is 10.3. The van der Waals surface area contributed by atoms with E-state index in [1.54, 1.807) is 19.1 Å². The maximum atomic E-state index is 14.5. The molecule has 2 heterocycles. The van der Waals surface area contributed by atoms with Crippen LogP contribution in [0.2, 0.25) is 5.02 Å². The molecule has 1 aromatic rings. The highest BCUT2D eigenvalue weighted by atomic mass is 35.5. The van der Waals surface area contributed by atoms with Crippen molar-refractivity contribution in [3.05, 3.63) is 34.9 Å². The minimum Gasteiger partial charge on any atom is -0.387 e. The van der Waals surface area contributed by atoms with Gasteiger partial charge in [-0.1, -0.05) is 88.7 Å². The molecule has 2 saturated carbocycles. The van der Waals surface area contributed by atoms with E-state index in [9.17, 15) is 24.0 Å². The summed E-state index contributed by atoms with van der Waals surface area (Å²) < 4.78 is 0. The van der Waals surface area contributed by atoms with Crippen LogP contribution >= 0.6 is 11.6 Å². The van der Waals surface area contributed by atoms with Crippen molar-refractivity contribution in [1.82, 2.24) is 15.5 Å². The maximum absolute atomic E-state index is 14.5. The lowest BCUT2D eigenvalue weighted by Crippen LogP contribution is -2.59. The summed E-state index contributed by atoms with van der Waals surface area (Å²) in [5, 5.41) is 10.8. The summed E-state index contributed by atoms with van der Waals surface area (Å²) in [5.41, 5.74) is -0.202. The number of carbonyl (C=O) groups is 5. The van der Waals surface area contributed by atoms with Crippen LogP contribution in [0.1, 0.15) is 110 Å². The molecule has 1 unspecified atom stereocenters. The van der Waals surface area contributed by atoms with Crippen molar-refractivity contribution in [2.24, 2.45) is 22.4 Å². The predicted octanol–water partition coefficient (Wildman–Crippen LogP) is 5.14. The topological polar surface area (TPSA) is 134 Å². The van der Waals surface area contributed by atoms with E-state index in [2.05, 4.69) is 15.8 Å². The molecule has 10 nitrogen and oxygen atoms in total. The molecule has 2 aliphatic heterocycles. The standard InChI is InChI=1S/C36H49ClN4O6/c1-5-29(42)31(44)26(16-23-14-15-23)38-33(45)28-20-36(19-27(40-47-36)24-12-9-13-25(37)18-24)21-41(28)34(46)32(35(2,3)4)39-30(43)17-22-10-7-6-8-11-22/h9,12-13,18,22-23,26,28,32H,5-8,10-11,14-17,19-21H2,1-4H3,(H,38,45)(H,39,43)/t26-,28?,32-,36-/m1/s1. The zero-order chi connectivity index (χ0) is 33.9. The third-order valence-electron chi connectivity index (χ3n) is 10.1. The lowest BCUT2D eigenvalue weighted by Gasteiger charge is -2.36. The van der Waals surface area contributed by atoms with Gasteiger partial charge in [0, 0.05) is 36.3 Å². The smallest absolute Gasteiger partial charge is 0.246 e. The second kappa shape index (κ2) is 14.5. The molecule has 3 fully saturated rings.